The standard InChI is InChI=1S/C14H28Cl2/c1-5-13(15,6-2)11-9-10-12-14(16,7-3)8-4/h5-12H2,1-4H3. The summed E-state index contributed by atoms with van der Waals surface area (Å²) in [5.41, 5.74) is 0. The van der Waals surface area contributed by atoms with E-state index in [0.29, 0.717) is 0 Å². The van der Waals surface area contributed by atoms with Gasteiger partial charge in [-0.1, -0.05) is 40.5 Å². The van der Waals surface area contributed by atoms with Crippen LogP contribution in [0.4, 0.5) is 0 Å². The minimum atomic E-state index is 0.0351. The largest absolute Gasteiger partial charge is 0.119 e. The molecule has 0 radical (unpaired) electrons. The Bertz CT molecular complexity index is 150. The molecule has 0 saturated heterocycles. The van der Waals surface area contributed by atoms with Gasteiger partial charge in [0.1, 0.15) is 0 Å². The predicted octanol–water partition coefficient (Wildman–Crippen LogP) is 6.14. The molecule has 0 N–H and O–H groups in total. The van der Waals surface area contributed by atoms with E-state index in [1.165, 1.54) is 12.8 Å². The summed E-state index contributed by atoms with van der Waals surface area (Å²) in [7, 11) is 0. The third-order valence-corrected chi connectivity index (χ3v) is 5.48. The van der Waals surface area contributed by atoms with Crippen molar-refractivity contribution in [1.82, 2.24) is 0 Å². The van der Waals surface area contributed by atoms with E-state index in [1.54, 1.807) is 0 Å². The van der Waals surface area contributed by atoms with Crippen LogP contribution >= 0.6 is 23.2 Å². The van der Waals surface area contributed by atoms with Crippen molar-refractivity contribution < 1.29 is 0 Å². The highest BCUT2D eigenvalue weighted by atomic mass is 35.5. The highest BCUT2D eigenvalue weighted by Gasteiger charge is 2.24. The topological polar surface area (TPSA) is 0 Å². The van der Waals surface area contributed by atoms with Crippen LogP contribution in [0.25, 0.3) is 0 Å². The van der Waals surface area contributed by atoms with E-state index in [9.17, 15) is 0 Å². The van der Waals surface area contributed by atoms with Gasteiger partial charge in [-0.3, -0.25) is 0 Å². The van der Waals surface area contributed by atoms with Crippen LogP contribution in [0.3, 0.4) is 0 Å². The number of hydrogen-bond donors (Lipinski definition) is 0. The first kappa shape index (κ1) is 16.6. The minimum absolute atomic E-state index is 0.0351. The SMILES string of the molecule is CCC(Cl)(CC)CCCCC(Cl)(CC)CC. The Morgan fingerprint density at radius 3 is 1.06 bits per heavy atom. The second-order valence-corrected chi connectivity index (χ2v) is 6.53. The van der Waals surface area contributed by atoms with Gasteiger partial charge >= 0.3 is 0 Å². The van der Waals surface area contributed by atoms with E-state index < -0.39 is 0 Å². The molecular weight excluding hydrogens is 239 g/mol. The molecule has 0 aromatic carbocycles. The van der Waals surface area contributed by atoms with Gasteiger partial charge in [0.05, 0.1) is 0 Å². The molecule has 0 heterocycles. The van der Waals surface area contributed by atoms with Crippen LogP contribution in [0.5, 0.6) is 0 Å². The molecule has 0 unspecified atom stereocenters. The number of hydrogen-bond acceptors (Lipinski definition) is 0. The molecule has 0 spiro atoms. The highest BCUT2D eigenvalue weighted by molar-refractivity contribution is 6.24. The van der Waals surface area contributed by atoms with Gasteiger partial charge in [-0.05, 0) is 38.5 Å². The first-order valence-corrected chi connectivity index (χ1v) is 7.58. The Morgan fingerprint density at radius 2 is 0.875 bits per heavy atom. The van der Waals surface area contributed by atoms with Crippen molar-refractivity contribution >= 4 is 23.2 Å². The maximum Gasteiger partial charge on any atom is 0.0441 e. The van der Waals surface area contributed by atoms with Crippen molar-refractivity contribution in [2.24, 2.45) is 0 Å². The average molecular weight is 267 g/mol. The van der Waals surface area contributed by atoms with Crippen molar-refractivity contribution in [2.75, 3.05) is 0 Å². The predicted molar refractivity (Wildman–Crippen MR) is 76.8 cm³/mol. The molecule has 0 nitrogen and oxygen atoms in total. The van der Waals surface area contributed by atoms with Gasteiger partial charge in [0.15, 0.2) is 0 Å². The first-order valence-electron chi connectivity index (χ1n) is 6.83. The van der Waals surface area contributed by atoms with Crippen LogP contribution in [0.2, 0.25) is 0 Å². The summed E-state index contributed by atoms with van der Waals surface area (Å²) in [6.45, 7) is 8.72. The Morgan fingerprint density at radius 1 is 0.625 bits per heavy atom. The quantitative estimate of drug-likeness (QED) is 0.347. The number of halogens is 2. The molecule has 0 bridgehead atoms. The van der Waals surface area contributed by atoms with E-state index in [1.807, 2.05) is 0 Å². The molecule has 0 amide bonds. The molecule has 98 valence electrons. The highest BCUT2D eigenvalue weighted by Crippen LogP contribution is 2.33. The molecule has 0 aromatic rings. The monoisotopic (exact) mass is 266 g/mol. The maximum absolute atomic E-state index is 6.49. The maximum atomic E-state index is 6.49. The lowest BCUT2D eigenvalue weighted by molar-refractivity contribution is 0.426. The van der Waals surface area contributed by atoms with Crippen LogP contribution in [0, 0.1) is 0 Å². The zero-order valence-electron chi connectivity index (χ0n) is 11.4. The lowest BCUT2D eigenvalue weighted by Gasteiger charge is -2.26. The van der Waals surface area contributed by atoms with Gasteiger partial charge in [-0.15, -0.1) is 23.2 Å². The normalized spacial score (nSPS) is 13.1. The Balaban J connectivity index is 3.83. The molecule has 0 aliphatic carbocycles. The third-order valence-electron chi connectivity index (χ3n) is 4.03. The Kier molecular flexibility index (Phi) is 8.10. The van der Waals surface area contributed by atoms with Gasteiger partial charge < -0.3 is 0 Å². The molecule has 0 atom stereocenters. The van der Waals surface area contributed by atoms with E-state index in [-0.39, 0.29) is 9.75 Å². The van der Waals surface area contributed by atoms with E-state index >= 15 is 0 Å². The summed E-state index contributed by atoms with van der Waals surface area (Å²) < 4.78 is 0. The van der Waals surface area contributed by atoms with Gasteiger partial charge in [0.2, 0.25) is 0 Å². The fraction of sp³-hybridized carbons (Fsp3) is 1.00. The van der Waals surface area contributed by atoms with Crippen LogP contribution < -0.4 is 0 Å². The Labute approximate surface area is 112 Å². The average Bonchev–Trinajstić information content (AvgIpc) is 2.34. The number of alkyl halides is 2. The summed E-state index contributed by atoms with van der Waals surface area (Å²) in [6, 6.07) is 0. The fourth-order valence-corrected chi connectivity index (χ4v) is 2.36. The molecule has 2 heteroatoms. The second-order valence-electron chi connectivity index (χ2n) is 4.92. The van der Waals surface area contributed by atoms with Gasteiger partial charge in [0, 0.05) is 9.75 Å². The number of unbranched alkanes of at least 4 members (excludes halogenated alkanes) is 1. The van der Waals surface area contributed by atoms with Gasteiger partial charge in [-0.2, -0.15) is 0 Å². The van der Waals surface area contributed by atoms with Crippen molar-refractivity contribution in [3.63, 3.8) is 0 Å². The number of rotatable bonds is 9. The van der Waals surface area contributed by atoms with Gasteiger partial charge in [-0.25, -0.2) is 0 Å². The van der Waals surface area contributed by atoms with Crippen LogP contribution in [-0.2, 0) is 0 Å². The van der Waals surface area contributed by atoms with Crippen molar-refractivity contribution in [3.05, 3.63) is 0 Å². The molecule has 0 fully saturated rings. The van der Waals surface area contributed by atoms with Gasteiger partial charge in [0.25, 0.3) is 0 Å². The third kappa shape index (κ3) is 5.77. The lowest BCUT2D eigenvalue weighted by atomic mass is 9.91. The van der Waals surface area contributed by atoms with Crippen molar-refractivity contribution in [3.8, 4) is 0 Å². The molecule has 16 heavy (non-hydrogen) atoms. The van der Waals surface area contributed by atoms with Crippen molar-refractivity contribution in [2.45, 2.75) is 88.8 Å². The molecule has 0 aromatic heterocycles. The van der Waals surface area contributed by atoms with E-state index in [2.05, 4.69) is 27.7 Å². The zero-order chi connectivity index (χ0) is 12.7. The zero-order valence-corrected chi connectivity index (χ0v) is 12.9. The lowest BCUT2D eigenvalue weighted by Crippen LogP contribution is -2.21. The smallest absolute Gasteiger partial charge is 0.0441 e. The summed E-state index contributed by atoms with van der Waals surface area (Å²) in [5.74, 6) is 0. The first-order chi connectivity index (χ1) is 7.45. The molecule has 0 aliphatic heterocycles. The van der Waals surface area contributed by atoms with E-state index in [4.69, 9.17) is 23.2 Å². The summed E-state index contributed by atoms with van der Waals surface area (Å²) >= 11 is 13.0. The summed E-state index contributed by atoms with van der Waals surface area (Å²) in [4.78, 5) is 0.0702. The molecule has 0 saturated carbocycles. The second kappa shape index (κ2) is 7.82. The molecule has 0 rings (SSSR count). The van der Waals surface area contributed by atoms with Crippen LogP contribution in [-0.4, -0.2) is 9.75 Å². The van der Waals surface area contributed by atoms with Crippen molar-refractivity contribution in [1.29, 1.82) is 0 Å². The Hall–Kier alpha value is 0.580. The van der Waals surface area contributed by atoms with E-state index in [0.717, 1.165) is 38.5 Å². The summed E-state index contributed by atoms with van der Waals surface area (Å²) in [5, 5.41) is 0. The molecule has 0 aliphatic rings. The summed E-state index contributed by atoms with van der Waals surface area (Å²) in [6.07, 6.45) is 8.94. The van der Waals surface area contributed by atoms with Crippen LogP contribution in [0.15, 0.2) is 0 Å². The minimum Gasteiger partial charge on any atom is -0.119 e. The fourth-order valence-electron chi connectivity index (χ4n) is 2.09. The molecular formula is C14H28Cl2. The van der Waals surface area contributed by atoms with Crippen LogP contribution in [0.1, 0.15) is 79.1 Å².